The minimum absolute atomic E-state index is 0. The fourth-order valence-corrected chi connectivity index (χ4v) is 5.37. The van der Waals surface area contributed by atoms with Crippen LogP contribution in [0.15, 0.2) is 0 Å². The summed E-state index contributed by atoms with van der Waals surface area (Å²) in [7, 11) is 0. The van der Waals surface area contributed by atoms with Crippen LogP contribution in [0.3, 0.4) is 0 Å². The van der Waals surface area contributed by atoms with Crippen LogP contribution in [-0.2, 0) is 4.79 Å². The predicted octanol–water partition coefficient (Wildman–Crippen LogP) is 1.77. The highest BCUT2D eigenvalue weighted by Crippen LogP contribution is 2.42. The number of carbonyl (C=O) groups is 1. The van der Waals surface area contributed by atoms with Crippen molar-refractivity contribution >= 4 is 53.3 Å². The summed E-state index contributed by atoms with van der Waals surface area (Å²) in [6.07, 6.45) is 5.67. The summed E-state index contributed by atoms with van der Waals surface area (Å²) < 4.78 is 4.03. The minimum Gasteiger partial charge on any atom is -0.367 e. The number of rotatable bonds is 2. The number of piperazine rings is 1. The monoisotopic (exact) mass is 422 g/mol. The van der Waals surface area contributed by atoms with Crippen molar-refractivity contribution in [2.45, 2.75) is 38.1 Å². The van der Waals surface area contributed by atoms with Gasteiger partial charge in [0.15, 0.2) is 0 Å². The van der Waals surface area contributed by atoms with E-state index in [1.54, 1.807) is 0 Å². The molecule has 0 radical (unpaired) electrons. The van der Waals surface area contributed by atoms with Crippen LogP contribution in [0.1, 0.15) is 32.1 Å². The van der Waals surface area contributed by atoms with E-state index in [0.717, 1.165) is 44.2 Å². The summed E-state index contributed by atoms with van der Waals surface area (Å²) in [6, 6.07) is 0.322. The first-order chi connectivity index (χ1) is 11.6. The molecule has 4 N–H and O–H groups in total. The Kier molecular flexibility index (Phi) is 7.35. The van der Waals surface area contributed by atoms with Gasteiger partial charge in [0.1, 0.15) is 0 Å². The zero-order valence-electron chi connectivity index (χ0n) is 14.7. The number of nitrogens with two attached hydrogens (primary N) is 2. The average Bonchev–Trinajstić information content (AvgIpc) is 3.01. The molecule has 1 aliphatic heterocycles. The third-order valence-corrected chi connectivity index (χ3v) is 6.85. The smallest absolute Gasteiger partial charge is 0.233 e. The van der Waals surface area contributed by atoms with Crippen LogP contribution in [-0.4, -0.2) is 52.4 Å². The Hall–Kier alpha value is -0.830. The molecule has 2 heterocycles. The number of nitrogen functional groups attached to an aromatic ring is 1. The molecule has 2 saturated carbocycles. The van der Waals surface area contributed by atoms with E-state index in [9.17, 15) is 4.79 Å². The van der Waals surface area contributed by atoms with Gasteiger partial charge >= 0.3 is 0 Å². The molecule has 2 aliphatic carbocycles. The molecule has 1 aromatic heterocycles. The van der Waals surface area contributed by atoms with Crippen LogP contribution >= 0.6 is 36.3 Å². The Bertz CT molecular complexity index is 595. The molecule has 2 bridgehead atoms. The third kappa shape index (κ3) is 4.18. The molecule has 10 heteroatoms. The highest BCUT2D eigenvalue weighted by atomic mass is 35.5. The van der Waals surface area contributed by atoms with Gasteiger partial charge in [0.05, 0.1) is 0 Å². The standard InChI is InChI=1S/C16H26N6OS.2ClH/c17-13-10-2-1-3-11(13)9-12(8-10)14(23)21-4-6-22(7-5-21)16-19-15(18)20-24-16;;/h10-13H,1-9,17H2,(H2,18,20);2*1H. The number of halogens is 2. The van der Waals surface area contributed by atoms with E-state index in [1.165, 1.54) is 30.8 Å². The number of amides is 1. The zero-order valence-corrected chi connectivity index (χ0v) is 17.2. The van der Waals surface area contributed by atoms with Gasteiger partial charge in [0.25, 0.3) is 0 Å². The van der Waals surface area contributed by atoms with Crippen LogP contribution < -0.4 is 16.4 Å². The minimum atomic E-state index is 0. The summed E-state index contributed by atoms with van der Waals surface area (Å²) in [5, 5.41) is 0.859. The molecule has 7 nitrogen and oxygen atoms in total. The Balaban J connectivity index is 0.00000121. The van der Waals surface area contributed by atoms with Crippen LogP contribution in [0.2, 0.25) is 0 Å². The Morgan fingerprint density at radius 1 is 1.08 bits per heavy atom. The highest BCUT2D eigenvalue weighted by Gasteiger charge is 2.41. The van der Waals surface area contributed by atoms with Crippen LogP contribution in [0.5, 0.6) is 0 Å². The van der Waals surface area contributed by atoms with Gasteiger partial charge in [0, 0.05) is 49.7 Å². The van der Waals surface area contributed by atoms with E-state index in [-0.39, 0.29) is 30.7 Å². The second kappa shape index (κ2) is 8.91. The van der Waals surface area contributed by atoms with Gasteiger partial charge in [-0.05, 0) is 37.5 Å². The maximum Gasteiger partial charge on any atom is 0.233 e. The number of fused-ring (bicyclic) bond motifs is 2. The second-order valence-corrected chi connectivity index (χ2v) is 8.17. The number of carbonyl (C=O) groups excluding carboxylic acids is 1. The van der Waals surface area contributed by atoms with Crippen molar-refractivity contribution in [1.29, 1.82) is 0 Å². The first-order valence-corrected chi connectivity index (χ1v) is 9.77. The zero-order chi connectivity index (χ0) is 16.7. The molecule has 3 fully saturated rings. The van der Waals surface area contributed by atoms with Crippen molar-refractivity contribution in [2.24, 2.45) is 23.5 Å². The third-order valence-electron chi connectivity index (χ3n) is 6.06. The molecule has 2 atom stereocenters. The van der Waals surface area contributed by atoms with Crippen molar-refractivity contribution in [3.8, 4) is 0 Å². The normalized spacial score (nSPS) is 31.0. The van der Waals surface area contributed by atoms with Gasteiger partial charge in [-0.25, -0.2) is 0 Å². The van der Waals surface area contributed by atoms with Crippen molar-refractivity contribution in [1.82, 2.24) is 14.3 Å². The molecule has 1 aromatic rings. The lowest BCUT2D eigenvalue weighted by Crippen LogP contribution is -2.53. The Labute approximate surface area is 170 Å². The first-order valence-electron chi connectivity index (χ1n) is 9.00. The van der Waals surface area contributed by atoms with E-state index >= 15 is 0 Å². The molecular formula is C16H28Cl2N6OS. The van der Waals surface area contributed by atoms with Gasteiger partial charge in [-0.2, -0.15) is 9.36 Å². The summed E-state index contributed by atoms with van der Waals surface area (Å²) >= 11 is 1.33. The molecule has 1 saturated heterocycles. The molecular weight excluding hydrogens is 395 g/mol. The summed E-state index contributed by atoms with van der Waals surface area (Å²) in [6.45, 7) is 3.13. The van der Waals surface area contributed by atoms with Crippen LogP contribution in [0.25, 0.3) is 0 Å². The van der Waals surface area contributed by atoms with Gasteiger partial charge in [-0.3, -0.25) is 4.79 Å². The SMILES string of the molecule is Cl.Cl.Nc1nsc(N2CCN(C(=O)C3CC4CCCC(C3)C4N)CC2)n1. The predicted molar refractivity (Wildman–Crippen MR) is 109 cm³/mol. The fourth-order valence-electron chi connectivity index (χ4n) is 4.72. The van der Waals surface area contributed by atoms with Gasteiger partial charge in [-0.15, -0.1) is 24.8 Å². The molecule has 3 aliphatic rings. The highest BCUT2D eigenvalue weighted by molar-refractivity contribution is 7.09. The number of hydrogen-bond donors (Lipinski definition) is 2. The van der Waals surface area contributed by atoms with E-state index in [1.807, 2.05) is 4.90 Å². The summed E-state index contributed by atoms with van der Waals surface area (Å²) in [4.78, 5) is 21.4. The molecule has 4 rings (SSSR count). The van der Waals surface area contributed by atoms with Crippen molar-refractivity contribution in [3.63, 3.8) is 0 Å². The lowest BCUT2D eigenvalue weighted by atomic mass is 9.65. The van der Waals surface area contributed by atoms with Crippen LogP contribution in [0, 0.1) is 17.8 Å². The van der Waals surface area contributed by atoms with Crippen molar-refractivity contribution < 1.29 is 4.79 Å². The van der Waals surface area contributed by atoms with E-state index < -0.39 is 0 Å². The number of anilines is 2. The van der Waals surface area contributed by atoms with E-state index in [2.05, 4.69) is 14.3 Å². The Morgan fingerprint density at radius 3 is 2.23 bits per heavy atom. The molecule has 2 unspecified atom stereocenters. The molecule has 1 amide bonds. The number of aromatic nitrogens is 2. The largest absolute Gasteiger partial charge is 0.367 e. The molecule has 0 spiro atoms. The van der Waals surface area contributed by atoms with Gasteiger partial charge in [-0.1, -0.05) is 6.42 Å². The average molecular weight is 423 g/mol. The first kappa shape index (κ1) is 21.5. The topological polar surface area (TPSA) is 101 Å². The maximum atomic E-state index is 13.0. The lowest BCUT2D eigenvalue weighted by Gasteiger charge is -2.45. The molecule has 148 valence electrons. The van der Waals surface area contributed by atoms with Gasteiger partial charge in [0.2, 0.25) is 17.0 Å². The van der Waals surface area contributed by atoms with Crippen molar-refractivity contribution in [3.05, 3.63) is 0 Å². The fraction of sp³-hybridized carbons (Fsp3) is 0.812. The number of nitrogens with zero attached hydrogens (tertiary/aromatic N) is 4. The second-order valence-electron chi connectivity index (χ2n) is 7.44. The molecule has 0 aromatic carbocycles. The quantitative estimate of drug-likeness (QED) is 0.752. The lowest BCUT2D eigenvalue weighted by molar-refractivity contribution is -0.138. The number of hydrogen-bond acceptors (Lipinski definition) is 7. The summed E-state index contributed by atoms with van der Waals surface area (Å²) in [5.41, 5.74) is 12.0. The van der Waals surface area contributed by atoms with Crippen molar-refractivity contribution in [2.75, 3.05) is 36.8 Å². The Morgan fingerprint density at radius 2 is 1.69 bits per heavy atom. The van der Waals surface area contributed by atoms with Gasteiger partial charge < -0.3 is 21.3 Å². The molecule has 26 heavy (non-hydrogen) atoms. The summed E-state index contributed by atoms with van der Waals surface area (Å²) in [5.74, 6) is 1.96. The van der Waals surface area contributed by atoms with E-state index in [4.69, 9.17) is 11.5 Å². The van der Waals surface area contributed by atoms with E-state index in [0.29, 0.717) is 29.7 Å². The maximum absolute atomic E-state index is 13.0. The van der Waals surface area contributed by atoms with Crippen LogP contribution in [0.4, 0.5) is 11.1 Å².